The Bertz CT molecular complexity index is 504. The summed E-state index contributed by atoms with van der Waals surface area (Å²) in [4.78, 5) is 13.9. The molecule has 0 aromatic heterocycles. The number of carbonyl (C=O) groups excluding carboxylic acids is 1. The second-order valence-corrected chi connectivity index (χ2v) is 5.76. The van der Waals surface area contributed by atoms with E-state index in [1.807, 2.05) is 12.1 Å². The van der Waals surface area contributed by atoms with Gasteiger partial charge in [-0.05, 0) is 48.3 Å². The molecule has 2 rings (SSSR count). The van der Waals surface area contributed by atoms with Crippen LogP contribution in [0.1, 0.15) is 38.8 Å². The third kappa shape index (κ3) is 2.49. The molecule has 1 aliphatic rings. The van der Waals surface area contributed by atoms with Gasteiger partial charge < -0.3 is 16.0 Å². The second-order valence-electron chi connectivity index (χ2n) is 4.90. The molecule has 104 valence electrons. The summed E-state index contributed by atoms with van der Waals surface area (Å²) in [6.07, 6.45) is 1.07. The maximum absolute atomic E-state index is 11.6. The molecule has 0 radical (unpaired) electrons. The average Bonchev–Trinajstić information content (AvgIpc) is 2.66. The van der Waals surface area contributed by atoms with Gasteiger partial charge in [-0.2, -0.15) is 0 Å². The molecule has 1 heterocycles. The van der Waals surface area contributed by atoms with Gasteiger partial charge in [-0.3, -0.25) is 4.79 Å². The number of anilines is 2. The minimum Gasteiger partial charge on any atom is -0.368 e. The van der Waals surface area contributed by atoms with Crippen LogP contribution in [-0.4, -0.2) is 18.5 Å². The van der Waals surface area contributed by atoms with Crippen LogP contribution in [0.4, 0.5) is 11.4 Å². The molecule has 0 spiro atoms. The molecule has 1 amide bonds. The summed E-state index contributed by atoms with van der Waals surface area (Å²) in [6.45, 7) is 7.43. The lowest BCUT2D eigenvalue weighted by Gasteiger charge is -2.31. The maximum atomic E-state index is 11.6. The van der Waals surface area contributed by atoms with Gasteiger partial charge in [0.1, 0.15) is 6.04 Å². The van der Waals surface area contributed by atoms with Gasteiger partial charge in [-0.1, -0.05) is 6.92 Å². The van der Waals surface area contributed by atoms with E-state index in [1.54, 1.807) is 0 Å². The van der Waals surface area contributed by atoms with Crippen molar-refractivity contribution in [3.05, 3.63) is 22.2 Å². The summed E-state index contributed by atoms with van der Waals surface area (Å²) < 4.78 is 0.986. The Kier molecular flexibility index (Phi) is 4.16. The second kappa shape index (κ2) is 5.51. The molecule has 0 saturated carbocycles. The number of nitrogens with zero attached hydrogens (tertiary/aromatic N) is 1. The van der Waals surface area contributed by atoms with Crippen molar-refractivity contribution < 1.29 is 4.79 Å². The number of hydrogen-bond acceptors (Lipinski definition) is 3. The number of halogens is 1. The minimum atomic E-state index is -0.556. The number of rotatable bonds is 4. The first-order valence-corrected chi connectivity index (χ1v) is 7.45. The normalized spacial score (nSPS) is 19.0. The predicted octanol–water partition coefficient (Wildman–Crippen LogP) is 3.03. The Morgan fingerprint density at radius 1 is 1.47 bits per heavy atom. The predicted molar refractivity (Wildman–Crippen MR) is 82.5 cm³/mol. The third-order valence-corrected chi connectivity index (χ3v) is 4.40. The summed E-state index contributed by atoms with van der Waals surface area (Å²) in [5.74, 6) is -0.134. The summed E-state index contributed by atoms with van der Waals surface area (Å²) in [6, 6.07) is 3.86. The van der Waals surface area contributed by atoms with E-state index in [1.165, 1.54) is 0 Å². The van der Waals surface area contributed by atoms with Crippen molar-refractivity contribution in [2.24, 2.45) is 5.73 Å². The van der Waals surface area contributed by atoms with Crippen LogP contribution < -0.4 is 16.0 Å². The lowest BCUT2D eigenvalue weighted by atomic mass is 10.1. The molecule has 1 aromatic carbocycles. The largest absolute Gasteiger partial charge is 0.368 e. The van der Waals surface area contributed by atoms with Gasteiger partial charge in [0.05, 0.1) is 5.69 Å². The molecule has 1 aliphatic heterocycles. The Morgan fingerprint density at radius 2 is 2.16 bits per heavy atom. The fourth-order valence-corrected chi connectivity index (χ4v) is 3.04. The summed E-state index contributed by atoms with van der Waals surface area (Å²) in [7, 11) is 0. The minimum absolute atomic E-state index is 0.134. The van der Waals surface area contributed by atoms with Crippen molar-refractivity contribution in [2.75, 3.05) is 16.8 Å². The Labute approximate surface area is 122 Å². The van der Waals surface area contributed by atoms with E-state index < -0.39 is 6.04 Å². The summed E-state index contributed by atoms with van der Waals surface area (Å²) >= 11 is 3.60. The molecule has 0 saturated heterocycles. The molecule has 2 unspecified atom stereocenters. The highest BCUT2D eigenvalue weighted by molar-refractivity contribution is 9.10. The first-order valence-electron chi connectivity index (χ1n) is 6.66. The number of amides is 1. The molecular weight excluding hydrogens is 306 g/mol. The standard InChI is InChI=1S/C14H20BrN3O/c1-4-8(3)18(5-2)12-7-11-9(6-10(12)15)13(16)14(19)17-11/h6-8,13H,4-5,16H2,1-3H3,(H,17,19). The number of nitrogens with two attached hydrogens (primary N) is 1. The topological polar surface area (TPSA) is 58.4 Å². The molecular formula is C14H20BrN3O. The van der Waals surface area contributed by atoms with Crippen LogP contribution in [0, 0.1) is 0 Å². The van der Waals surface area contributed by atoms with Gasteiger partial charge in [0.25, 0.3) is 0 Å². The van der Waals surface area contributed by atoms with Gasteiger partial charge in [-0.15, -0.1) is 0 Å². The number of nitrogens with one attached hydrogen (secondary N) is 1. The van der Waals surface area contributed by atoms with E-state index >= 15 is 0 Å². The van der Waals surface area contributed by atoms with Crippen molar-refractivity contribution in [1.82, 2.24) is 0 Å². The third-order valence-electron chi connectivity index (χ3n) is 3.77. The Balaban J connectivity index is 2.44. The molecule has 4 nitrogen and oxygen atoms in total. The van der Waals surface area contributed by atoms with E-state index in [4.69, 9.17) is 5.73 Å². The van der Waals surface area contributed by atoms with Crippen molar-refractivity contribution in [1.29, 1.82) is 0 Å². The van der Waals surface area contributed by atoms with Gasteiger partial charge in [0.2, 0.25) is 5.91 Å². The average molecular weight is 326 g/mol. The molecule has 1 aromatic rings. The van der Waals surface area contributed by atoms with Crippen LogP contribution in [-0.2, 0) is 4.79 Å². The van der Waals surface area contributed by atoms with Gasteiger partial charge in [-0.25, -0.2) is 0 Å². The van der Waals surface area contributed by atoms with E-state index in [-0.39, 0.29) is 5.91 Å². The first-order chi connectivity index (χ1) is 8.99. The van der Waals surface area contributed by atoms with E-state index in [2.05, 4.69) is 46.9 Å². The van der Waals surface area contributed by atoms with Crippen molar-refractivity contribution in [3.63, 3.8) is 0 Å². The van der Waals surface area contributed by atoms with Crippen LogP contribution in [0.15, 0.2) is 16.6 Å². The van der Waals surface area contributed by atoms with Crippen LogP contribution in [0.25, 0.3) is 0 Å². The van der Waals surface area contributed by atoms with Gasteiger partial charge >= 0.3 is 0 Å². The first kappa shape index (κ1) is 14.3. The molecule has 0 bridgehead atoms. The summed E-state index contributed by atoms with van der Waals surface area (Å²) in [5, 5.41) is 2.84. The zero-order valence-electron chi connectivity index (χ0n) is 11.5. The van der Waals surface area contributed by atoms with Gasteiger partial charge in [0, 0.05) is 28.3 Å². The molecule has 3 N–H and O–H groups in total. The molecule has 19 heavy (non-hydrogen) atoms. The van der Waals surface area contributed by atoms with Crippen molar-refractivity contribution in [3.8, 4) is 0 Å². The highest BCUT2D eigenvalue weighted by Gasteiger charge is 2.29. The SMILES string of the molecule is CCC(C)N(CC)c1cc2c(cc1Br)C(N)C(=O)N2. The molecule has 5 heteroatoms. The van der Waals surface area contributed by atoms with E-state index in [0.29, 0.717) is 6.04 Å². The Hall–Kier alpha value is -1.07. The number of hydrogen-bond donors (Lipinski definition) is 2. The Morgan fingerprint density at radius 3 is 2.74 bits per heavy atom. The number of fused-ring (bicyclic) bond motifs is 1. The van der Waals surface area contributed by atoms with Crippen molar-refractivity contribution >= 4 is 33.2 Å². The molecule has 0 fully saturated rings. The lowest BCUT2D eigenvalue weighted by Crippen LogP contribution is -2.32. The zero-order valence-corrected chi connectivity index (χ0v) is 13.1. The fraction of sp³-hybridized carbons (Fsp3) is 0.500. The fourth-order valence-electron chi connectivity index (χ4n) is 2.45. The van der Waals surface area contributed by atoms with Crippen LogP contribution in [0.3, 0.4) is 0 Å². The van der Waals surface area contributed by atoms with E-state index in [9.17, 15) is 4.79 Å². The van der Waals surface area contributed by atoms with Crippen LogP contribution >= 0.6 is 15.9 Å². The van der Waals surface area contributed by atoms with Crippen molar-refractivity contribution in [2.45, 2.75) is 39.3 Å². The van der Waals surface area contributed by atoms with E-state index in [0.717, 1.165) is 34.4 Å². The van der Waals surface area contributed by atoms with Gasteiger partial charge in [0.15, 0.2) is 0 Å². The molecule has 0 aliphatic carbocycles. The monoisotopic (exact) mass is 325 g/mol. The summed E-state index contributed by atoms with van der Waals surface area (Å²) in [5.41, 5.74) is 8.65. The van der Waals surface area contributed by atoms with Crippen LogP contribution in [0.5, 0.6) is 0 Å². The maximum Gasteiger partial charge on any atom is 0.245 e. The quantitative estimate of drug-likeness (QED) is 0.894. The molecule has 2 atom stereocenters. The number of benzene rings is 1. The lowest BCUT2D eigenvalue weighted by molar-refractivity contribution is -0.116. The number of carbonyl (C=O) groups is 1. The smallest absolute Gasteiger partial charge is 0.245 e. The highest BCUT2D eigenvalue weighted by atomic mass is 79.9. The zero-order chi connectivity index (χ0) is 14.2. The highest BCUT2D eigenvalue weighted by Crippen LogP contribution is 2.38. The van der Waals surface area contributed by atoms with Crippen LogP contribution in [0.2, 0.25) is 0 Å².